The van der Waals surface area contributed by atoms with Crippen LogP contribution >= 0.6 is 15.9 Å². The summed E-state index contributed by atoms with van der Waals surface area (Å²) in [6, 6.07) is 13.0. The summed E-state index contributed by atoms with van der Waals surface area (Å²) in [7, 11) is 0. The maximum atomic E-state index is 11.0. The first-order valence-electron chi connectivity index (χ1n) is 5.88. The van der Waals surface area contributed by atoms with E-state index in [2.05, 4.69) is 20.9 Å². The van der Waals surface area contributed by atoms with E-state index >= 15 is 0 Å². The van der Waals surface area contributed by atoms with Crippen molar-refractivity contribution in [3.05, 3.63) is 69.5 Å². The maximum absolute atomic E-state index is 11.0. The van der Waals surface area contributed by atoms with Crippen LogP contribution in [0.2, 0.25) is 0 Å². The molecule has 1 unspecified atom stereocenters. The van der Waals surface area contributed by atoms with Crippen LogP contribution in [0.4, 0.5) is 5.69 Å². The number of halogens is 1. The van der Waals surface area contributed by atoms with Gasteiger partial charge in [-0.1, -0.05) is 46.3 Å². The van der Waals surface area contributed by atoms with Crippen LogP contribution in [0.5, 0.6) is 0 Å². The molecule has 0 saturated heterocycles. The van der Waals surface area contributed by atoms with Gasteiger partial charge in [0.15, 0.2) is 0 Å². The summed E-state index contributed by atoms with van der Waals surface area (Å²) in [5.74, 6) is 0. The van der Waals surface area contributed by atoms with Crippen LogP contribution in [0, 0.1) is 17.0 Å². The Morgan fingerprint density at radius 1 is 1.26 bits per heavy atom. The van der Waals surface area contributed by atoms with Crippen molar-refractivity contribution in [3.8, 4) is 0 Å². The highest BCUT2D eigenvalue weighted by Gasteiger charge is 2.19. The van der Waals surface area contributed by atoms with Gasteiger partial charge in [-0.05, 0) is 18.6 Å². The highest BCUT2D eigenvalue weighted by Crippen LogP contribution is 2.29. The molecule has 0 aliphatic rings. The minimum absolute atomic E-state index is 0.0155. The van der Waals surface area contributed by atoms with E-state index in [1.165, 1.54) is 6.07 Å². The summed E-state index contributed by atoms with van der Waals surface area (Å²) in [4.78, 5) is 14.9. The molecule has 0 fully saturated rings. The number of pyridine rings is 1. The largest absolute Gasteiger partial charge is 0.290 e. The molecule has 0 saturated carbocycles. The first-order valence-corrected chi connectivity index (χ1v) is 6.79. The molecule has 0 radical (unpaired) electrons. The summed E-state index contributed by atoms with van der Waals surface area (Å²) in [6.07, 6.45) is 0.488. The van der Waals surface area contributed by atoms with Crippen LogP contribution in [0.15, 0.2) is 42.5 Å². The molecule has 19 heavy (non-hydrogen) atoms. The second kappa shape index (κ2) is 5.93. The highest BCUT2D eigenvalue weighted by atomic mass is 79.9. The number of nitrogens with zero attached hydrogens (tertiary/aromatic N) is 2. The van der Waals surface area contributed by atoms with Crippen molar-refractivity contribution in [2.45, 2.75) is 18.2 Å². The van der Waals surface area contributed by atoms with E-state index in [4.69, 9.17) is 0 Å². The second-order valence-corrected chi connectivity index (χ2v) is 5.36. The molecule has 1 atom stereocenters. The van der Waals surface area contributed by atoms with Gasteiger partial charge in [-0.25, -0.2) is 0 Å². The number of alkyl halides is 1. The molecule has 0 aliphatic heterocycles. The number of nitro groups is 1. The number of aryl methyl sites for hydroxylation is 1. The van der Waals surface area contributed by atoms with Crippen LogP contribution in [-0.4, -0.2) is 9.91 Å². The normalized spacial score (nSPS) is 12.1. The average Bonchev–Trinajstić information content (AvgIpc) is 2.39. The summed E-state index contributed by atoms with van der Waals surface area (Å²) in [5, 5.41) is 11.0. The van der Waals surface area contributed by atoms with Crippen molar-refractivity contribution in [2.24, 2.45) is 0 Å². The smallest absolute Gasteiger partial charge is 0.258 e. The van der Waals surface area contributed by atoms with E-state index in [-0.39, 0.29) is 15.4 Å². The lowest BCUT2D eigenvalue weighted by molar-refractivity contribution is -0.385. The van der Waals surface area contributed by atoms with Crippen molar-refractivity contribution < 1.29 is 4.92 Å². The van der Waals surface area contributed by atoms with Gasteiger partial charge in [-0.15, -0.1) is 0 Å². The van der Waals surface area contributed by atoms with Crippen molar-refractivity contribution >= 4 is 21.6 Å². The number of hydrogen-bond acceptors (Lipinski definition) is 3. The zero-order valence-electron chi connectivity index (χ0n) is 10.4. The second-order valence-electron chi connectivity index (χ2n) is 4.26. The molecule has 0 bridgehead atoms. The van der Waals surface area contributed by atoms with E-state index in [0.717, 1.165) is 11.3 Å². The van der Waals surface area contributed by atoms with E-state index in [0.29, 0.717) is 12.1 Å². The molecule has 1 aromatic heterocycles. The topological polar surface area (TPSA) is 56.0 Å². The van der Waals surface area contributed by atoms with Crippen LogP contribution < -0.4 is 0 Å². The van der Waals surface area contributed by atoms with Crippen molar-refractivity contribution in [1.29, 1.82) is 0 Å². The molecular weight excluding hydrogens is 308 g/mol. The van der Waals surface area contributed by atoms with Gasteiger partial charge in [0.25, 0.3) is 5.69 Å². The van der Waals surface area contributed by atoms with E-state index in [1.54, 1.807) is 6.07 Å². The summed E-state index contributed by atoms with van der Waals surface area (Å²) >= 11 is 3.57. The molecule has 1 aromatic carbocycles. The first kappa shape index (κ1) is 13.7. The first-order chi connectivity index (χ1) is 9.08. The number of rotatable bonds is 4. The Kier molecular flexibility index (Phi) is 4.27. The molecule has 0 aliphatic carbocycles. The fourth-order valence-corrected chi connectivity index (χ4v) is 2.48. The van der Waals surface area contributed by atoms with Crippen LogP contribution in [0.1, 0.15) is 21.8 Å². The minimum atomic E-state index is -0.382. The Balaban J connectivity index is 2.28. The number of hydrogen-bond donors (Lipinski definition) is 0. The van der Waals surface area contributed by atoms with Crippen molar-refractivity contribution in [2.75, 3.05) is 0 Å². The Hall–Kier alpha value is -1.75. The van der Waals surface area contributed by atoms with Crippen molar-refractivity contribution in [1.82, 2.24) is 4.98 Å². The van der Waals surface area contributed by atoms with Gasteiger partial charge in [-0.3, -0.25) is 15.1 Å². The third-order valence-electron chi connectivity index (χ3n) is 2.82. The van der Waals surface area contributed by atoms with Gasteiger partial charge in [0.1, 0.15) is 5.69 Å². The van der Waals surface area contributed by atoms with Crippen LogP contribution in [-0.2, 0) is 6.42 Å². The summed E-state index contributed by atoms with van der Waals surface area (Å²) in [6.45, 7) is 1.83. The quantitative estimate of drug-likeness (QED) is 0.486. The summed E-state index contributed by atoms with van der Waals surface area (Å²) < 4.78 is 0. The predicted octanol–water partition coefficient (Wildman–Crippen LogP) is 3.98. The van der Waals surface area contributed by atoms with Gasteiger partial charge in [-0.2, -0.15) is 0 Å². The monoisotopic (exact) mass is 320 g/mol. The molecule has 1 heterocycles. The van der Waals surface area contributed by atoms with Gasteiger partial charge in [0.05, 0.1) is 4.92 Å². The Morgan fingerprint density at radius 3 is 2.58 bits per heavy atom. The van der Waals surface area contributed by atoms with Gasteiger partial charge >= 0.3 is 0 Å². The van der Waals surface area contributed by atoms with Gasteiger partial charge < -0.3 is 0 Å². The average molecular weight is 321 g/mol. The molecule has 2 aromatic rings. The molecule has 0 N–H and O–H groups in total. The van der Waals surface area contributed by atoms with E-state index in [1.807, 2.05) is 37.3 Å². The Morgan fingerprint density at radius 2 is 1.95 bits per heavy atom. The lowest BCUT2D eigenvalue weighted by atomic mass is 10.1. The fraction of sp³-hybridized carbons (Fsp3) is 0.214. The molecule has 2 rings (SSSR count). The Labute approximate surface area is 119 Å². The van der Waals surface area contributed by atoms with Crippen LogP contribution in [0.3, 0.4) is 0 Å². The third kappa shape index (κ3) is 3.38. The maximum Gasteiger partial charge on any atom is 0.290 e. The van der Waals surface area contributed by atoms with Gasteiger partial charge in [0.2, 0.25) is 0 Å². The SMILES string of the molecule is Cc1ccc([N+](=O)[O-])c(CC(Br)c2ccccc2)n1. The minimum Gasteiger partial charge on any atom is -0.258 e. The third-order valence-corrected chi connectivity index (χ3v) is 3.67. The zero-order chi connectivity index (χ0) is 13.8. The molecule has 4 nitrogen and oxygen atoms in total. The number of benzene rings is 1. The lowest BCUT2D eigenvalue weighted by Crippen LogP contribution is -2.03. The highest BCUT2D eigenvalue weighted by molar-refractivity contribution is 9.09. The van der Waals surface area contributed by atoms with E-state index in [9.17, 15) is 10.1 Å². The van der Waals surface area contributed by atoms with E-state index < -0.39 is 0 Å². The predicted molar refractivity (Wildman–Crippen MR) is 77.4 cm³/mol. The molecule has 98 valence electrons. The molecule has 0 spiro atoms. The standard InChI is InChI=1S/C14H13BrN2O2/c1-10-7-8-14(17(18)19)13(16-10)9-12(15)11-5-3-2-4-6-11/h2-8,12H,9H2,1H3. The summed E-state index contributed by atoms with van der Waals surface area (Å²) in [5.41, 5.74) is 2.45. The lowest BCUT2D eigenvalue weighted by Gasteiger charge is -2.10. The zero-order valence-corrected chi connectivity index (χ0v) is 12.0. The van der Waals surface area contributed by atoms with Crippen molar-refractivity contribution in [3.63, 3.8) is 0 Å². The fourth-order valence-electron chi connectivity index (χ4n) is 1.87. The van der Waals surface area contributed by atoms with Crippen LogP contribution in [0.25, 0.3) is 0 Å². The van der Waals surface area contributed by atoms with Gasteiger partial charge in [0, 0.05) is 23.0 Å². The Bertz CT molecular complexity index is 587. The molecular formula is C14H13BrN2O2. The molecule has 5 heteroatoms. The molecule has 0 amide bonds. The number of aromatic nitrogens is 1.